The summed E-state index contributed by atoms with van der Waals surface area (Å²) < 4.78 is 33.6. The number of hydrogen-bond acceptors (Lipinski definition) is 5. The Labute approximate surface area is 216 Å². The van der Waals surface area contributed by atoms with Gasteiger partial charge in [0, 0.05) is 11.0 Å². The van der Waals surface area contributed by atoms with Crippen molar-refractivity contribution in [2.75, 3.05) is 13.7 Å². The molecule has 1 amide bonds. The van der Waals surface area contributed by atoms with Crippen molar-refractivity contribution in [3.05, 3.63) is 92.4 Å². The van der Waals surface area contributed by atoms with Gasteiger partial charge >= 0.3 is 0 Å². The maximum atomic E-state index is 13.3. The number of rotatable bonds is 9. The fraction of sp³-hybridized carbons (Fsp3) is 0.130. The van der Waals surface area contributed by atoms with E-state index in [2.05, 4.69) is 26.5 Å². The molecule has 0 aliphatic rings. The Bertz CT molecular complexity index is 1300. The van der Waals surface area contributed by atoms with Crippen LogP contribution in [0.4, 0.5) is 0 Å². The molecule has 7 nitrogen and oxygen atoms in total. The van der Waals surface area contributed by atoms with Crippen molar-refractivity contribution in [2.24, 2.45) is 5.10 Å². The van der Waals surface area contributed by atoms with Crippen LogP contribution in [0.2, 0.25) is 10.0 Å². The molecule has 0 saturated heterocycles. The van der Waals surface area contributed by atoms with Crippen LogP contribution in [0.25, 0.3) is 0 Å². The van der Waals surface area contributed by atoms with Gasteiger partial charge in [-0.05, 0) is 59.7 Å². The van der Waals surface area contributed by atoms with Crippen molar-refractivity contribution in [3.63, 3.8) is 0 Å². The average Bonchev–Trinajstić information content (AvgIpc) is 2.81. The Morgan fingerprint density at radius 3 is 2.50 bits per heavy atom. The largest absolute Gasteiger partial charge is 0.497 e. The Morgan fingerprint density at radius 2 is 1.82 bits per heavy atom. The maximum Gasteiger partial charge on any atom is 0.255 e. The molecular weight excluding hydrogens is 565 g/mol. The van der Waals surface area contributed by atoms with Gasteiger partial charge in [-0.25, -0.2) is 13.8 Å². The molecule has 0 spiro atoms. The Hall–Kier alpha value is -2.43. The maximum absolute atomic E-state index is 13.3. The average molecular weight is 585 g/mol. The summed E-state index contributed by atoms with van der Waals surface area (Å²) in [6.45, 7) is -0.559. The minimum atomic E-state index is -4.01. The van der Waals surface area contributed by atoms with Crippen molar-refractivity contribution >= 4 is 61.3 Å². The number of hydrogen-bond donors (Lipinski definition) is 1. The number of carbonyl (C=O) groups is 1. The number of ether oxygens (including phenoxy) is 1. The zero-order valence-electron chi connectivity index (χ0n) is 17.9. The van der Waals surface area contributed by atoms with E-state index in [4.69, 9.17) is 27.9 Å². The molecule has 0 unspecified atom stereocenters. The summed E-state index contributed by atoms with van der Waals surface area (Å²) in [6, 6.07) is 18.0. The number of amides is 1. The van der Waals surface area contributed by atoms with Gasteiger partial charge in [-0.2, -0.15) is 9.41 Å². The van der Waals surface area contributed by atoms with Crippen LogP contribution in [-0.2, 0) is 21.4 Å². The quantitative estimate of drug-likeness (QED) is 0.280. The van der Waals surface area contributed by atoms with Crippen molar-refractivity contribution < 1.29 is 17.9 Å². The van der Waals surface area contributed by atoms with E-state index in [1.807, 2.05) is 0 Å². The molecule has 3 rings (SSSR count). The first kappa shape index (κ1) is 26.2. The summed E-state index contributed by atoms with van der Waals surface area (Å²) in [5, 5.41) is 4.55. The second-order valence-electron chi connectivity index (χ2n) is 7.05. The van der Waals surface area contributed by atoms with Crippen molar-refractivity contribution in [3.8, 4) is 5.75 Å². The number of methoxy groups -OCH3 is 1. The molecule has 3 aromatic carbocycles. The molecule has 0 aliphatic heterocycles. The molecule has 0 heterocycles. The topological polar surface area (TPSA) is 88.1 Å². The van der Waals surface area contributed by atoms with E-state index in [0.717, 1.165) is 8.78 Å². The number of benzene rings is 3. The van der Waals surface area contributed by atoms with Gasteiger partial charge in [-0.1, -0.05) is 57.3 Å². The number of halogens is 3. The molecule has 0 saturated carbocycles. The number of hydrazone groups is 1. The van der Waals surface area contributed by atoms with E-state index >= 15 is 0 Å². The smallest absolute Gasteiger partial charge is 0.255 e. The summed E-state index contributed by atoms with van der Waals surface area (Å²) in [4.78, 5) is 12.6. The summed E-state index contributed by atoms with van der Waals surface area (Å²) in [6.07, 6.45) is 1.44. The molecule has 1 N–H and O–H groups in total. The molecular formula is C23H20BrCl2N3O4S. The lowest BCUT2D eigenvalue weighted by Gasteiger charge is -2.22. The normalized spacial score (nSPS) is 11.7. The third-order valence-corrected chi connectivity index (χ3v) is 7.68. The first-order valence-corrected chi connectivity index (χ1v) is 12.8. The van der Waals surface area contributed by atoms with Crippen molar-refractivity contribution in [1.82, 2.24) is 9.73 Å². The van der Waals surface area contributed by atoms with Crippen molar-refractivity contribution in [1.29, 1.82) is 0 Å². The first-order valence-electron chi connectivity index (χ1n) is 9.84. The monoisotopic (exact) mass is 583 g/mol. The molecule has 0 aromatic heterocycles. The van der Waals surface area contributed by atoms with E-state index in [1.54, 1.807) is 61.7 Å². The second-order valence-corrected chi connectivity index (χ2v) is 10.7. The van der Waals surface area contributed by atoms with Gasteiger partial charge in [0.15, 0.2) is 0 Å². The van der Waals surface area contributed by atoms with E-state index in [9.17, 15) is 13.2 Å². The molecule has 3 aromatic rings. The SMILES string of the molecule is COc1cccc(/C=N/NC(=O)CN(Cc2ccc(Cl)c(Cl)c2)S(=O)(=O)c2ccc(Br)cc2)c1. The zero-order chi connectivity index (χ0) is 24.7. The molecule has 0 bridgehead atoms. The van der Waals surface area contributed by atoms with Crippen LogP contribution in [0.15, 0.2) is 81.2 Å². The van der Waals surface area contributed by atoms with Crippen LogP contribution in [-0.4, -0.2) is 38.5 Å². The third-order valence-electron chi connectivity index (χ3n) is 4.61. The first-order chi connectivity index (χ1) is 16.2. The molecule has 0 atom stereocenters. The van der Waals surface area contributed by atoms with Gasteiger partial charge in [0.2, 0.25) is 10.0 Å². The van der Waals surface area contributed by atoms with Crippen LogP contribution < -0.4 is 10.2 Å². The lowest BCUT2D eigenvalue weighted by Crippen LogP contribution is -2.39. The number of nitrogens with zero attached hydrogens (tertiary/aromatic N) is 2. The van der Waals surface area contributed by atoms with E-state index < -0.39 is 22.5 Å². The lowest BCUT2D eigenvalue weighted by atomic mass is 10.2. The third kappa shape index (κ3) is 7.04. The minimum absolute atomic E-state index is 0.0449. The van der Waals surface area contributed by atoms with Crippen LogP contribution in [0.3, 0.4) is 0 Å². The van der Waals surface area contributed by atoms with Gasteiger partial charge in [-0.15, -0.1) is 0 Å². The summed E-state index contributed by atoms with van der Waals surface area (Å²) in [5.74, 6) is 0.0311. The van der Waals surface area contributed by atoms with Gasteiger partial charge in [0.1, 0.15) is 5.75 Å². The van der Waals surface area contributed by atoms with Crippen LogP contribution >= 0.6 is 39.1 Å². The van der Waals surface area contributed by atoms with Crippen LogP contribution in [0, 0.1) is 0 Å². The summed E-state index contributed by atoms with van der Waals surface area (Å²) in [5.41, 5.74) is 3.64. The lowest BCUT2D eigenvalue weighted by molar-refractivity contribution is -0.121. The second kappa shape index (κ2) is 11.8. The van der Waals surface area contributed by atoms with Gasteiger partial charge in [0.25, 0.3) is 5.91 Å². The van der Waals surface area contributed by atoms with Crippen LogP contribution in [0.5, 0.6) is 5.75 Å². The highest BCUT2D eigenvalue weighted by Gasteiger charge is 2.27. The van der Waals surface area contributed by atoms with Gasteiger partial charge in [0.05, 0.1) is 34.8 Å². The summed E-state index contributed by atoms with van der Waals surface area (Å²) >= 11 is 15.4. The molecule has 0 fully saturated rings. The minimum Gasteiger partial charge on any atom is -0.497 e. The Kier molecular flexibility index (Phi) is 9.10. The molecule has 11 heteroatoms. The Morgan fingerprint density at radius 1 is 1.09 bits per heavy atom. The number of nitrogens with one attached hydrogen (secondary N) is 1. The van der Waals surface area contributed by atoms with Gasteiger partial charge in [-0.3, -0.25) is 4.79 Å². The number of sulfonamides is 1. The van der Waals surface area contributed by atoms with E-state index in [-0.39, 0.29) is 16.5 Å². The van der Waals surface area contributed by atoms with E-state index in [0.29, 0.717) is 21.9 Å². The van der Waals surface area contributed by atoms with Crippen molar-refractivity contribution in [2.45, 2.75) is 11.4 Å². The molecule has 178 valence electrons. The predicted molar refractivity (Wildman–Crippen MR) is 137 cm³/mol. The standard InChI is InChI=1S/C23H20BrCl2N3O4S/c1-33-19-4-2-3-16(11-19)13-27-28-23(30)15-29(14-17-5-10-21(25)22(26)12-17)34(31,32)20-8-6-18(24)7-9-20/h2-13H,14-15H2,1H3,(H,28,30)/b27-13+. The van der Waals surface area contributed by atoms with E-state index in [1.165, 1.54) is 18.3 Å². The van der Waals surface area contributed by atoms with Gasteiger partial charge < -0.3 is 4.74 Å². The summed E-state index contributed by atoms with van der Waals surface area (Å²) in [7, 11) is -2.47. The molecule has 34 heavy (non-hydrogen) atoms. The molecule has 0 aliphatic carbocycles. The highest BCUT2D eigenvalue weighted by molar-refractivity contribution is 9.10. The Balaban J connectivity index is 1.80. The highest BCUT2D eigenvalue weighted by atomic mass is 79.9. The molecule has 0 radical (unpaired) electrons. The zero-order valence-corrected chi connectivity index (χ0v) is 21.8. The number of carbonyl (C=O) groups excluding carboxylic acids is 1. The fourth-order valence-electron chi connectivity index (χ4n) is 2.92. The highest BCUT2D eigenvalue weighted by Crippen LogP contribution is 2.25. The van der Waals surface area contributed by atoms with Crippen LogP contribution in [0.1, 0.15) is 11.1 Å². The fourth-order valence-corrected chi connectivity index (χ4v) is 4.89. The predicted octanol–water partition coefficient (Wildman–Crippen LogP) is 5.11.